The van der Waals surface area contributed by atoms with Crippen LogP contribution in [0.4, 0.5) is 10.1 Å². The van der Waals surface area contributed by atoms with Crippen LogP contribution in [-0.2, 0) is 16.0 Å². The zero-order valence-corrected chi connectivity index (χ0v) is 22.0. The van der Waals surface area contributed by atoms with Gasteiger partial charge < -0.3 is 19.5 Å². The number of ether oxygens (including phenoxy) is 2. The summed E-state index contributed by atoms with van der Waals surface area (Å²) in [6.07, 6.45) is -0.688. The number of hydrogen-bond donors (Lipinski definition) is 1. The summed E-state index contributed by atoms with van der Waals surface area (Å²) in [4.78, 5) is 27.7. The molecule has 1 unspecified atom stereocenters. The average Bonchev–Trinajstić information content (AvgIpc) is 3.24. The molecule has 1 atom stereocenters. The molecule has 0 saturated carbocycles. The summed E-state index contributed by atoms with van der Waals surface area (Å²) in [5, 5.41) is 10.2. The number of hydrogen-bond acceptors (Lipinski definition) is 4. The minimum absolute atomic E-state index is 0.0995. The number of nitrogens with zero attached hydrogens (tertiary/aromatic N) is 1. The molecule has 1 aliphatic rings. The molecule has 0 fully saturated rings. The number of halogens is 1. The third kappa shape index (κ3) is 5.09. The van der Waals surface area contributed by atoms with Crippen molar-refractivity contribution in [3.8, 4) is 16.9 Å². The monoisotopic (exact) mass is 505 g/mol. The fourth-order valence-electron chi connectivity index (χ4n) is 4.91. The molecule has 1 amide bonds. The van der Waals surface area contributed by atoms with Crippen LogP contribution in [0.3, 0.4) is 0 Å². The van der Waals surface area contributed by atoms with Gasteiger partial charge in [-0.15, -0.1) is 0 Å². The second kappa shape index (κ2) is 9.98. The van der Waals surface area contributed by atoms with Gasteiger partial charge in [0.2, 0.25) is 0 Å². The van der Waals surface area contributed by atoms with Gasteiger partial charge in [0, 0.05) is 17.8 Å². The van der Waals surface area contributed by atoms with Crippen molar-refractivity contribution in [2.24, 2.45) is 0 Å². The number of methoxy groups -OCH3 is 1. The van der Waals surface area contributed by atoms with Crippen LogP contribution in [0.1, 0.15) is 59.5 Å². The Kier molecular flexibility index (Phi) is 7.11. The Morgan fingerprint density at radius 1 is 1.08 bits per heavy atom. The number of aliphatic carboxylic acids is 1. The van der Waals surface area contributed by atoms with Gasteiger partial charge in [0.05, 0.1) is 18.3 Å². The van der Waals surface area contributed by atoms with Crippen LogP contribution in [0, 0.1) is 19.7 Å². The Morgan fingerprint density at radius 3 is 2.35 bits per heavy atom. The predicted octanol–water partition coefficient (Wildman–Crippen LogP) is 6.26. The zero-order chi connectivity index (χ0) is 27.1. The van der Waals surface area contributed by atoms with E-state index in [1.54, 1.807) is 11.0 Å². The summed E-state index contributed by atoms with van der Waals surface area (Å²) in [5.41, 5.74) is 4.91. The van der Waals surface area contributed by atoms with E-state index in [9.17, 15) is 19.1 Å². The lowest BCUT2D eigenvalue weighted by atomic mass is 9.86. The highest BCUT2D eigenvalue weighted by Gasteiger charge is 2.36. The summed E-state index contributed by atoms with van der Waals surface area (Å²) in [6.45, 7) is 9.66. The maximum Gasteiger partial charge on any atom is 0.337 e. The Balaban J connectivity index is 1.94. The van der Waals surface area contributed by atoms with E-state index in [0.717, 1.165) is 22.3 Å². The number of benzene rings is 3. The van der Waals surface area contributed by atoms with E-state index in [-0.39, 0.29) is 17.2 Å². The maximum absolute atomic E-state index is 14.4. The van der Waals surface area contributed by atoms with Crippen molar-refractivity contribution in [2.75, 3.05) is 18.6 Å². The van der Waals surface area contributed by atoms with Crippen LogP contribution in [0.15, 0.2) is 48.5 Å². The molecule has 0 aromatic heterocycles. The SMILES string of the molecule is COc1c(F)cccc1C(=O)N1CCc2c1cc(C)c(C(OC(C)(C)C)C(=O)O)c2-c1ccc(C)cc1. The lowest BCUT2D eigenvalue weighted by Gasteiger charge is -2.29. The fraction of sp³-hybridized carbons (Fsp3) is 0.333. The predicted molar refractivity (Wildman–Crippen MR) is 141 cm³/mol. The Hall–Kier alpha value is -3.71. The molecule has 0 bridgehead atoms. The van der Waals surface area contributed by atoms with Gasteiger partial charge in [-0.1, -0.05) is 35.9 Å². The molecule has 3 aromatic rings. The first-order valence-electron chi connectivity index (χ1n) is 12.2. The summed E-state index contributed by atoms with van der Waals surface area (Å²) in [5.74, 6) is -2.17. The molecule has 4 rings (SSSR count). The number of aryl methyl sites for hydroxylation is 2. The lowest BCUT2D eigenvalue weighted by molar-refractivity contribution is -0.160. The number of rotatable bonds is 6. The molecule has 194 valence electrons. The highest BCUT2D eigenvalue weighted by atomic mass is 19.1. The smallest absolute Gasteiger partial charge is 0.337 e. The molecule has 3 aromatic carbocycles. The third-order valence-corrected chi connectivity index (χ3v) is 6.48. The summed E-state index contributed by atoms with van der Waals surface area (Å²) < 4.78 is 25.6. The van der Waals surface area contributed by atoms with Crippen molar-refractivity contribution in [3.05, 3.63) is 82.2 Å². The Labute approximate surface area is 216 Å². The average molecular weight is 506 g/mol. The van der Waals surface area contributed by atoms with E-state index in [4.69, 9.17) is 9.47 Å². The summed E-state index contributed by atoms with van der Waals surface area (Å²) in [7, 11) is 1.33. The minimum atomic E-state index is -1.20. The molecule has 0 aliphatic carbocycles. The van der Waals surface area contributed by atoms with Crippen molar-refractivity contribution in [1.29, 1.82) is 0 Å². The van der Waals surface area contributed by atoms with Gasteiger partial charge >= 0.3 is 5.97 Å². The highest BCUT2D eigenvalue weighted by Crippen LogP contribution is 2.45. The van der Waals surface area contributed by atoms with Gasteiger partial charge in [-0.25, -0.2) is 9.18 Å². The van der Waals surface area contributed by atoms with Crippen molar-refractivity contribution in [3.63, 3.8) is 0 Å². The second-order valence-corrected chi connectivity index (χ2v) is 10.3. The quantitative estimate of drug-likeness (QED) is 0.428. The van der Waals surface area contributed by atoms with Crippen LogP contribution in [0.5, 0.6) is 5.75 Å². The standard InChI is InChI=1S/C30H32FNO5/c1-17-10-12-19(13-11-17)25-20-14-15-32(28(33)21-8-7-9-22(31)26(21)36-6)23(20)16-18(2)24(25)27(29(34)35)37-30(3,4)5/h7-13,16,27H,14-15H2,1-6H3,(H,34,35). The molecular formula is C30H32FNO5. The highest BCUT2D eigenvalue weighted by molar-refractivity contribution is 6.10. The van der Waals surface area contributed by atoms with E-state index in [2.05, 4.69) is 0 Å². The van der Waals surface area contributed by atoms with Gasteiger partial charge in [-0.05, 0) is 81.5 Å². The molecular weight excluding hydrogens is 473 g/mol. The zero-order valence-electron chi connectivity index (χ0n) is 22.0. The van der Waals surface area contributed by atoms with E-state index in [1.807, 2.05) is 65.0 Å². The largest absolute Gasteiger partial charge is 0.493 e. The Bertz CT molecular complexity index is 1360. The van der Waals surface area contributed by atoms with E-state index in [1.165, 1.54) is 19.2 Å². The molecule has 1 aliphatic heterocycles. The van der Waals surface area contributed by atoms with Crippen LogP contribution in [-0.4, -0.2) is 36.2 Å². The molecule has 7 heteroatoms. The number of fused-ring (bicyclic) bond motifs is 1. The summed E-state index contributed by atoms with van der Waals surface area (Å²) >= 11 is 0. The van der Waals surface area contributed by atoms with Crippen molar-refractivity contribution in [1.82, 2.24) is 0 Å². The molecule has 1 heterocycles. The van der Waals surface area contributed by atoms with E-state index < -0.39 is 23.5 Å². The van der Waals surface area contributed by atoms with Gasteiger partial charge in [-0.3, -0.25) is 4.79 Å². The van der Waals surface area contributed by atoms with Crippen LogP contribution in [0.25, 0.3) is 11.1 Å². The number of amides is 1. The number of carboxylic acid groups (broad SMARTS) is 1. The number of anilines is 1. The molecule has 1 N–H and O–H groups in total. The molecule has 0 radical (unpaired) electrons. The number of carboxylic acids is 1. The second-order valence-electron chi connectivity index (χ2n) is 10.3. The molecule has 0 saturated heterocycles. The molecule has 6 nitrogen and oxygen atoms in total. The van der Waals surface area contributed by atoms with Crippen molar-refractivity contribution in [2.45, 2.75) is 52.7 Å². The lowest BCUT2D eigenvalue weighted by Crippen LogP contribution is -2.30. The molecule has 37 heavy (non-hydrogen) atoms. The first kappa shape index (κ1) is 26.4. The van der Waals surface area contributed by atoms with Crippen LogP contribution < -0.4 is 9.64 Å². The normalized spacial score (nSPS) is 13.9. The number of carbonyl (C=O) groups excluding carboxylic acids is 1. The van der Waals surface area contributed by atoms with Crippen LogP contribution in [0.2, 0.25) is 0 Å². The van der Waals surface area contributed by atoms with Gasteiger partial charge in [0.25, 0.3) is 5.91 Å². The first-order valence-corrected chi connectivity index (χ1v) is 12.2. The molecule has 0 spiro atoms. The minimum Gasteiger partial charge on any atom is -0.493 e. The fourth-order valence-corrected chi connectivity index (χ4v) is 4.91. The topological polar surface area (TPSA) is 76.1 Å². The van der Waals surface area contributed by atoms with Gasteiger partial charge in [-0.2, -0.15) is 0 Å². The van der Waals surface area contributed by atoms with E-state index >= 15 is 0 Å². The number of para-hydroxylation sites is 1. The van der Waals surface area contributed by atoms with Gasteiger partial charge in [0.1, 0.15) is 0 Å². The van der Waals surface area contributed by atoms with Gasteiger partial charge in [0.15, 0.2) is 17.7 Å². The van der Waals surface area contributed by atoms with Crippen molar-refractivity contribution >= 4 is 17.6 Å². The Morgan fingerprint density at radius 2 is 1.76 bits per heavy atom. The first-order chi connectivity index (χ1) is 17.4. The van der Waals surface area contributed by atoms with E-state index in [0.29, 0.717) is 29.8 Å². The number of carbonyl (C=O) groups is 2. The van der Waals surface area contributed by atoms with Crippen molar-refractivity contribution < 1.29 is 28.6 Å². The summed E-state index contributed by atoms with van der Waals surface area (Å²) in [6, 6.07) is 14.0. The maximum atomic E-state index is 14.4. The van der Waals surface area contributed by atoms with Crippen LogP contribution >= 0.6 is 0 Å². The third-order valence-electron chi connectivity index (χ3n) is 6.48.